The molecule has 0 amide bonds. The van der Waals surface area contributed by atoms with Crippen LogP contribution in [0.2, 0.25) is 0 Å². The van der Waals surface area contributed by atoms with Crippen LogP contribution in [0.25, 0.3) is 0 Å². The maximum Gasteiger partial charge on any atom is 0.123 e. The number of ether oxygens (including phenoxy) is 1. The van der Waals surface area contributed by atoms with Crippen LogP contribution in [0.1, 0.15) is 47.8 Å². The van der Waals surface area contributed by atoms with Crippen molar-refractivity contribution >= 4 is 12.4 Å². The van der Waals surface area contributed by atoms with E-state index in [1.165, 1.54) is 29.5 Å². The minimum atomic E-state index is -0.169. The van der Waals surface area contributed by atoms with Gasteiger partial charge in [-0.25, -0.2) is 4.39 Å². The lowest BCUT2D eigenvalue weighted by Gasteiger charge is -2.29. The molecule has 136 valence electrons. The number of likely N-dealkylation sites (N-methyl/N-ethyl adjacent to an activating group) is 1. The summed E-state index contributed by atoms with van der Waals surface area (Å²) < 4.78 is 18.6. The summed E-state index contributed by atoms with van der Waals surface area (Å²) in [6, 6.07) is 13.5. The fourth-order valence-corrected chi connectivity index (χ4v) is 3.93. The first-order chi connectivity index (χ1) is 11.7. The highest BCUT2D eigenvalue weighted by molar-refractivity contribution is 5.85. The average molecular weight is 364 g/mol. The maximum absolute atomic E-state index is 13.2. The zero-order chi connectivity index (χ0) is 16.9. The minimum absolute atomic E-state index is 0. The molecule has 0 bridgehead atoms. The molecule has 1 N–H and O–H groups in total. The van der Waals surface area contributed by atoms with Gasteiger partial charge in [0.1, 0.15) is 11.6 Å². The number of halogens is 2. The zero-order valence-electron chi connectivity index (χ0n) is 14.9. The van der Waals surface area contributed by atoms with Crippen molar-refractivity contribution in [3.8, 4) is 5.75 Å². The third kappa shape index (κ3) is 4.74. The molecule has 1 aliphatic rings. The van der Waals surface area contributed by atoms with E-state index in [9.17, 15) is 4.39 Å². The lowest BCUT2D eigenvalue weighted by molar-refractivity contribution is 0.411. The Kier molecular flexibility index (Phi) is 7.27. The molecule has 2 unspecified atom stereocenters. The summed E-state index contributed by atoms with van der Waals surface area (Å²) in [7, 11) is 3.70. The molecule has 2 nitrogen and oxygen atoms in total. The van der Waals surface area contributed by atoms with E-state index in [1.807, 2.05) is 19.2 Å². The fourth-order valence-electron chi connectivity index (χ4n) is 3.93. The van der Waals surface area contributed by atoms with Gasteiger partial charge in [0.25, 0.3) is 0 Å². The Hall–Kier alpha value is -1.58. The zero-order valence-corrected chi connectivity index (χ0v) is 15.7. The first-order valence-corrected chi connectivity index (χ1v) is 8.78. The molecular weight excluding hydrogens is 337 g/mol. The summed E-state index contributed by atoms with van der Waals surface area (Å²) in [6.45, 7) is 0.910. The smallest absolute Gasteiger partial charge is 0.123 e. The third-order valence-electron chi connectivity index (χ3n) is 5.15. The second-order valence-electron chi connectivity index (χ2n) is 6.70. The highest BCUT2D eigenvalue weighted by Gasteiger charge is 2.24. The monoisotopic (exact) mass is 363 g/mol. The lowest BCUT2D eigenvalue weighted by Crippen LogP contribution is -2.21. The predicted octanol–water partition coefficient (Wildman–Crippen LogP) is 5.07. The molecule has 0 saturated heterocycles. The van der Waals surface area contributed by atoms with Crippen LogP contribution >= 0.6 is 12.4 Å². The largest absolute Gasteiger partial charge is 0.497 e. The Morgan fingerprint density at radius 2 is 1.96 bits per heavy atom. The average Bonchev–Trinajstić information content (AvgIpc) is 2.61. The van der Waals surface area contributed by atoms with Gasteiger partial charge in [0.2, 0.25) is 0 Å². The summed E-state index contributed by atoms with van der Waals surface area (Å²) in [4.78, 5) is 0. The van der Waals surface area contributed by atoms with Gasteiger partial charge in [-0.1, -0.05) is 18.2 Å². The Bertz CT molecular complexity index is 674. The number of nitrogens with one attached hydrogen (secondary N) is 1. The normalized spacial score (nSPS) is 17.3. The maximum atomic E-state index is 13.2. The number of hydrogen-bond acceptors (Lipinski definition) is 2. The number of aryl methyl sites for hydroxylation is 1. The SMILES string of the molecule is CNCC(CC1CCCc2cc(OC)ccc21)c1ccc(F)cc1.Cl. The molecular formula is C21H27ClFNO. The summed E-state index contributed by atoms with van der Waals surface area (Å²) in [5, 5.41) is 3.30. The van der Waals surface area contributed by atoms with Gasteiger partial charge < -0.3 is 10.1 Å². The Morgan fingerprint density at radius 3 is 2.64 bits per heavy atom. The van der Waals surface area contributed by atoms with E-state index in [1.54, 1.807) is 19.2 Å². The van der Waals surface area contributed by atoms with Crippen LogP contribution in [0.15, 0.2) is 42.5 Å². The standard InChI is InChI=1S/C21H26FNO.ClH/c1-23-14-18(15-6-8-19(22)9-7-15)12-16-4-3-5-17-13-20(24-2)10-11-21(16)17;/h6-11,13,16,18,23H,3-5,12,14H2,1-2H3;1H. The molecule has 0 aliphatic heterocycles. The van der Waals surface area contributed by atoms with Gasteiger partial charge in [0, 0.05) is 6.54 Å². The molecule has 0 spiro atoms. The molecule has 2 aromatic carbocycles. The van der Waals surface area contributed by atoms with Crippen molar-refractivity contribution in [1.82, 2.24) is 5.32 Å². The molecule has 4 heteroatoms. The van der Waals surface area contributed by atoms with E-state index < -0.39 is 0 Å². The van der Waals surface area contributed by atoms with Gasteiger partial charge in [0.15, 0.2) is 0 Å². The molecule has 2 aromatic rings. The minimum Gasteiger partial charge on any atom is -0.497 e. The van der Waals surface area contributed by atoms with Crippen molar-refractivity contribution in [3.63, 3.8) is 0 Å². The van der Waals surface area contributed by atoms with Crippen molar-refractivity contribution in [1.29, 1.82) is 0 Å². The highest BCUT2D eigenvalue weighted by atomic mass is 35.5. The number of methoxy groups -OCH3 is 1. The van der Waals surface area contributed by atoms with Gasteiger partial charge in [0.05, 0.1) is 7.11 Å². The Labute approximate surface area is 156 Å². The molecule has 1 aliphatic carbocycles. The number of benzene rings is 2. The van der Waals surface area contributed by atoms with Crippen molar-refractivity contribution in [3.05, 3.63) is 65.0 Å². The van der Waals surface area contributed by atoms with Gasteiger partial charge in [-0.05, 0) is 85.5 Å². The van der Waals surface area contributed by atoms with Crippen LogP contribution in [0.4, 0.5) is 4.39 Å². The first kappa shape index (κ1) is 19.7. The van der Waals surface area contributed by atoms with Crippen LogP contribution < -0.4 is 10.1 Å². The van der Waals surface area contributed by atoms with E-state index in [0.29, 0.717) is 11.8 Å². The molecule has 25 heavy (non-hydrogen) atoms. The quantitative estimate of drug-likeness (QED) is 0.773. The number of hydrogen-bond donors (Lipinski definition) is 1. The molecule has 0 saturated carbocycles. The summed E-state index contributed by atoms with van der Waals surface area (Å²) in [5.41, 5.74) is 4.10. The molecule has 2 atom stereocenters. The highest BCUT2D eigenvalue weighted by Crippen LogP contribution is 2.39. The van der Waals surface area contributed by atoms with Crippen LogP contribution in [0, 0.1) is 5.82 Å². The van der Waals surface area contributed by atoms with Gasteiger partial charge in [-0.15, -0.1) is 12.4 Å². The fraction of sp³-hybridized carbons (Fsp3) is 0.429. The van der Waals surface area contributed by atoms with E-state index >= 15 is 0 Å². The third-order valence-corrected chi connectivity index (χ3v) is 5.15. The topological polar surface area (TPSA) is 21.3 Å². The summed E-state index contributed by atoms with van der Waals surface area (Å²) in [5.74, 6) is 1.73. The van der Waals surface area contributed by atoms with Gasteiger partial charge >= 0.3 is 0 Å². The van der Waals surface area contributed by atoms with Crippen molar-refractivity contribution < 1.29 is 9.13 Å². The second-order valence-corrected chi connectivity index (χ2v) is 6.70. The number of fused-ring (bicyclic) bond motifs is 1. The second kappa shape index (κ2) is 9.21. The van der Waals surface area contributed by atoms with Crippen molar-refractivity contribution in [2.24, 2.45) is 0 Å². The molecule has 0 radical (unpaired) electrons. The number of rotatable bonds is 6. The van der Waals surface area contributed by atoms with Gasteiger partial charge in [-0.3, -0.25) is 0 Å². The predicted molar refractivity (Wildman–Crippen MR) is 104 cm³/mol. The van der Waals surface area contributed by atoms with E-state index in [4.69, 9.17) is 4.74 Å². The van der Waals surface area contributed by atoms with Crippen molar-refractivity contribution in [2.45, 2.75) is 37.5 Å². The molecule has 0 aromatic heterocycles. The van der Waals surface area contributed by atoms with E-state index in [-0.39, 0.29) is 18.2 Å². The molecule has 0 heterocycles. The van der Waals surface area contributed by atoms with E-state index in [0.717, 1.165) is 25.1 Å². The van der Waals surface area contributed by atoms with Gasteiger partial charge in [-0.2, -0.15) is 0 Å². The van der Waals surface area contributed by atoms with Crippen LogP contribution in [-0.2, 0) is 6.42 Å². The van der Waals surface area contributed by atoms with Crippen LogP contribution in [0.5, 0.6) is 5.75 Å². The summed E-state index contributed by atoms with van der Waals surface area (Å²) in [6.07, 6.45) is 4.67. The van der Waals surface area contributed by atoms with Crippen LogP contribution in [-0.4, -0.2) is 20.7 Å². The first-order valence-electron chi connectivity index (χ1n) is 8.78. The van der Waals surface area contributed by atoms with E-state index in [2.05, 4.69) is 23.5 Å². The lowest BCUT2D eigenvalue weighted by atomic mass is 9.76. The van der Waals surface area contributed by atoms with Crippen LogP contribution in [0.3, 0.4) is 0 Å². The molecule has 0 fully saturated rings. The van der Waals surface area contributed by atoms with Crippen molar-refractivity contribution in [2.75, 3.05) is 20.7 Å². The Morgan fingerprint density at radius 1 is 1.20 bits per heavy atom. The summed E-state index contributed by atoms with van der Waals surface area (Å²) >= 11 is 0. The Balaban J connectivity index is 0.00000225. The molecule has 3 rings (SSSR count).